The van der Waals surface area contributed by atoms with Crippen molar-refractivity contribution in [3.63, 3.8) is 0 Å². The van der Waals surface area contributed by atoms with Crippen LogP contribution < -0.4 is 5.73 Å². The molecule has 0 fully saturated rings. The Kier molecular flexibility index (Phi) is 8.83. The molecular weight excluding hydrogens is 185 g/mol. The molecule has 2 heteroatoms. The Morgan fingerprint density at radius 2 is 1.36 bits per heavy atom. The van der Waals surface area contributed by atoms with Crippen LogP contribution >= 0.6 is 0 Å². The third-order valence-electron chi connectivity index (χ3n) is 2.53. The molecule has 0 atom stereocenters. The minimum Gasteiger partial charge on any atom is -0.399 e. The van der Waals surface area contributed by atoms with Crippen LogP contribution in [0.15, 0.2) is 30.3 Å². The topological polar surface area (TPSA) is 26.0 Å². The molecule has 1 aromatic rings. The minimum atomic E-state index is -0.171. The van der Waals surface area contributed by atoms with Crippen molar-refractivity contribution in [1.29, 1.82) is 0 Å². The van der Waals surface area contributed by atoms with Crippen LogP contribution in [-0.2, 0) is 0 Å². The Balaban J connectivity index is 0.000000241. The largest absolute Gasteiger partial charge is 0.399 e. The van der Waals surface area contributed by atoms with Gasteiger partial charge in [-0.05, 0) is 12.1 Å². The highest BCUT2D eigenvalue weighted by molar-refractivity contribution is 6.58. The Morgan fingerprint density at radius 1 is 0.929 bits per heavy atom. The van der Waals surface area contributed by atoms with Gasteiger partial charge in [-0.25, -0.2) is 0 Å². The number of benzene rings is 1. The molecule has 0 bridgehead atoms. The first-order valence-electron chi connectivity index (χ1n) is 5.55. The van der Waals surface area contributed by atoms with Crippen LogP contribution in [0.25, 0.3) is 0 Å². The number of rotatable bonds is 3. The van der Waals surface area contributed by atoms with Crippen LogP contribution in [0.1, 0.15) is 20.8 Å². The van der Waals surface area contributed by atoms with Crippen molar-refractivity contribution in [3.05, 3.63) is 30.3 Å². The maximum atomic E-state index is 5.36. The van der Waals surface area contributed by atoms with Gasteiger partial charge >= 0.3 is 0 Å². The second-order valence-corrected chi connectivity index (χ2v) is 7.68. The molecule has 0 aliphatic rings. The van der Waals surface area contributed by atoms with Gasteiger partial charge in [0.25, 0.3) is 14.1 Å². The van der Waals surface area contributed by atoms with Gasteiger partial charge in [-0.15, -0.1) is 0 Å². The highest BCUT2D eigenvalue weighted by Crippen LogP contribution is 2.01. The van der Waals surface area contributed by atoms with Gasteiger partial charge in [-0.3, -0.25) is 0 Å². The van der Waals surface area contributed by atoms with Gasteiger partial charge in [-0.1, -0.05) is 54.8 Å². The molecule has 0 saturated carbocycles. The second-order valence-electron chi connectivity index (χ2n) is 3.50. The fraction of sp³-hybridized carbons (Fsp3) is 0.500. The molecule has 14 heavy (non-hydrogen) atoms. The number of hydrogen-bond acceptors (Lipinski definition) is 1. The van der Waals surface area contributed by atoms with E-state index in [9.17, 15) is 0 Å². The van der Waals surface area contributed by atoms with Crippen LogP contribution in [0, 0.1) is 0 Å². The molecule has 0 aromatic heterocycles. The van der Waals surface area contributed by atoms with Gasteiger partial charge in [0.1, 0.15) is 0 Å². The maximum absolute atomic E-state index is 5.36. The lowest BCUT2D eigenvalue weighted by molar-refractivity contribution is 1.24. The number of para-hydroxylation sites is 1. The Bertz CT molecular complexity index is 201. The van der Waals surface area contributed by atoms with Crippen molar-refractivity contribution in [3.8, 4) is 0 Å². The van der Waals surface area contributed by atoms with E-state index >= 15 is 0 Å². The lowest BCUT2D eigenvalue weighted by Crippen LogP contribution is -2.04. The van der Waals surface area contributed by atoms with Gasteiger partial charge in [0.05, 0.1) is 0 Å². The number of anilines is 1. The van der Waals surface area contributed by atoms with Crippen LogP contribution in [0.3, 0.4) is 0 Å². The average Bonchev–Trinajstić information content (AvgIpc) is 2.22. The van der Waals surface area contributed by atoms with E-state index in [1.165, 1.54) is 15.8 Å². The molecule has 0 amide bonds. The fourth-order valence-corrected chi connectivity index (χ4v) is 3.05. The van der Waals surface area contributed by atoms with E-state index in [4.69, 9.17) is 5.73 Å². The smallest absolute Gasteiger partial charge is 0.261 e. The first-order valence-corrected chi connectivity index (χ1v) is 7.99. The normalized spacial score (nSPS) is 8.79. The lowest BCUT2D eigenvalue weighted by atomic mass is 10.3. The molecule has 1 rings (SSSR count). The Labute approximate surface area is 92.7 Å². The van der Waals surface area contributed by atoms with E-state index < -0.39 is 0 Å². The molecule has 2 N–H and O–H groups in total. The summed E-state index contributed by atoms with van der Waals surface area (Å²) in [6, 6.07) is 9.49. The Morgan fingerprint density at radius 3 is 1.50 bits per heavy atom. The molecule has 0 radical (unpaired) electrons. The molecule has 1 nitrogen and oxygen atoms in total. The highest BCUT2D eigenvalue weighted by Gasteiger charge is 2.05. The maximum Gasteiger partial charge on any atom is 0.261 e. The van der Waals surface area contributed by atoms with E-state index in [0.717, 1.165) is 5.69 Å². The van der Waals surface area contributed by atoms with Gasteiger partial charge in [0.15, 0.2) is 0 Å². The van der Waals surface area contributed by atoms with E-state index in [2.05, 4.69) is 20.8 Å². The zero-order valence-corrected chi connectivity index (χ0v) is 10.8. The molecule has 0 unspecified atom stereocenters. The van der Waals surface area contributed by atoms with Crippen molar-refractivity contribution in [2.24, 2.45) is 0 Å². The van der Waals surface area contributed by atoms with Crippen molar-refractivity contribution >= 4 is 19.8 Å². The van der Waals surface area contributed by atoms with Crippen molar-refractivity contribution < 1.29 is 0 Å². The van der Waals surface area contributed by atoms with Gasteiger partial charge in [-0.2, -0.15) is 0 Å². The first kappa shape index (κ1) is 13.6. The lowest BCUT2D eigenvalue weighted by Gasteiger charge is -1.97. The molecular formula is C12H22AlN. The molecule has 0 aliphatic heterocycles. The predicted octanol–water partition coefficient (Wildman–Crippen LogP) is 3.81. The van der Waals surface area contributed by atoms with Gasteiger partial charge in [0, 0.05) is 5.69 Å². The molecule has 1 aromatic carbocycles. The van der Waals surface area contributed by atoms with Crippen LogP contribution in [0.4, 0.5) is 5.69 Å². The molecule has 0 aliphatic carbocycles. The first-order chi connectivity index (χ1) is 6.74. The number of nitrogens with two attached hydrogens (primary N) is 1. The molecule has 0 saturated heterocycles. The minimum absolute atomic E-state index is 0.171. The molecule has 78 valence electrons. The standard InChI is InChI=1S/C6H7N.3C2H5.Al/c7-6-4-2-1-3-5-6;3*1-2;/h1-5H,7H2;3*1H2,2H3;. The van der Waals surface area contributed by atoms with Crippen LogP contribution in [-0.4, -0.2) is 14.1 Å². The van der Waals surface area contributed by atoms with E-state index in [-0.39, 0.29) is 14.1 Å². The predicted molar refractivity (Wildman–Crippen MR) is 68.1 cm³/mol. The third-order valence-corrected chi connectivity index (χ3v) is 6.00. The quantitative estimate of drug-likeness (QED) is 0.592. The van der Waals surface area contributed by atoms with Crippen molar-refractivity contribution in [2.75, 3.05) is 5.73 Å². The van der Waals surface area contributed by atoms with Crippen LogP contribution in [0.5, 0.6) is 0 Å². The summed E-state index contributed by atoms with van der Waals surface area (Å²) in [7, 11) is 0. The highest BCUT2D eigenvalue weighted by atomic mass is 27.2. The molecule has 0 heterocycles. The zero-order valence-electron chi connectivity index (χ0n) is 9.66. The molecule has 0 spiro atoms. The second kappa shape index (κ2) is 9.12. The summed E-state index contributed by atoms with van der Waals surface area (Å²) in [5.41, 5.74) is 6.18. The summed E-state index contributed by atoms with van der Waals surface area (Å²) >= 11 is -0.171. The van der Waals surface area contributed by atoms with Gasteiger partial charge < -0.3 is 5.73 Å². The van der Waals surface area contributed by atoms with E-state index in [0.29, 0.717) is 0 Å². The van der Waals surface area contributed by atoms with Crippen molar-refractivity contribution in [2.45, 2.75) is 36.6 Å². The summed E-state index contributed by atoms with van der Waals surface area (Å²) in [5.74, 6) is 0. The summed E-state index contributed by atoms with van der Waals surface area (Å²) in [5, 5.41) is 4.48. The monoisotopic (exact) mass is 207 g/mol. The van der Waals surface area contributed by atoms with Crippen molar-refractivity contribution in [1.82, 2.24) is 0 Å². The Hall–Kier alpha value is -0.448. The number of hydrogen-bond donors (Lipinski definition) is 1. The zero-order chi connectivity index (χ0) is 10.8. The summed E-state index contributed by atoms with van der Waals surface area (Å²) < 4.78 is 0. The van der Waals surface area contributed by atoms with Gasteiger partial charge in [0.2, 0.25) is 0 Å². The summed E-state index contributed by atoms with van der Waals surface area (Å²) in [4.78, 5) is 0. The SMILES string of the molecule is C[CH2][Al]([CH2]C)[CH2]C.Nc1ccccc1. The summed E-state index contributed by atoms with van der Waals surface area (Å²) in [6.45, 7) is 6.97. The number of nitrogen functional groups attached to an aromatic ring is 1. The van der Waals surface area contributed by atoms with E-state index in [1.54, 1.807) is 0 Å². The average molecular weight is 207 g/mol. The van der Waals surface area contributed by atoms with E-state index in [1.807, 2.05) is 30.3 Å². The summed E-state index contributed by atoms with van der Waals surface area (Å²) in [6.07, 6.45) is 0. The third kappa shape index (κ3) is 7.00. The fourth-order valence-electron chi connectivity index (χ4n) is 1.32. The van der Waals surface area contributed by atoms with Crippen LogP contribution in [0.2, 0.25) is 15.8 Å².